The van der Waals surface area contributed by atoms with Crippen LogP contribution in [0.1, 0.15) is 103 Å². The quantitative estimate of drug-likeness (QED) is 0.234. The zero-order chi connectivity index (χ0) is 15.4. The number of hydrogen-bond acceptors (Lipinski definition) is 1. The summed E-state index contributed by atoms with van der Waals surface area (Å²) in [6.45, 7) is 3.47. The Bertz CT molecular complexity index is 198. The zero-order valence-electron chi connectivity index (χ0n) is 15.0. The SMILES string of the molecule is CCCCCCCC/C=C/CCCCCCCCCNC. The molecule has 0 heterocycles. The standard InChI is InChI=1S/C20H41N/c1-3-4-5-6-7-8-9-10-11-12-13-14-15-16-17-18-19-20-21-2/h10-11,21H,3-9,12-20H2,1-2H3/b11-10+. The van der Waals surface area contributed by atoms with Gasteiger partial charge in [-0.25, -0.2) is 0 Å². The summed E-state index contributed by atoms with van der Waals surface area (Å²) >= 11 is 0. The number of hydrogen-bond donors (Lipinski definition) is 1. The normalized spacial score (nSPS) is 11.5. The first-order chi connectivity index (χ1) is 10.4. The Labute approximate surface area is 135 Å². The van der Waals surface area contributed by atoms with Gasteiger partial charge in [0.1, 0.15) is 0 Å². The Morgan fingerprint density at radius 1 is 0.571 bits per heavy atom. The molecule has 0 amide bonds. The lowest BCUT2D eigenvalue weighted by atomic mass is 10.1. The molecule has 0 atom stereocenters. The Balaban J connectivity index is 3.02. The summed E-state index contributed by atoms with van der Waals surface area (Å²) in [4.78, 5) is 0. The molecule has 1 nitrogen and oxygen atoms in total. The summed E-state index contributed by atoms with van der Waals surface area (Å²) in [7, 11) is 2.04. The Morgan fingerprint density at radius 2 is 1.00 bits per heavy atom. The summed E-state index contributed by atoms with van der Waals surface area (Å²) in [5, 5.41) is 3.21. The van der Waals surface area contributed by atoms with Gasteiger partial charge < -0.3 is 5.32 Å². The maximum atomic E-state index is 3.21. The summed E-state index contributed by atoms with van der Waals surface area (Å²) < 4.78 is 0. The molecule has 0 aromatic carbocycles. The van der Waals surface area contributed by atoms with E-state index in [1.54, 1.807) is 0 Å². The number of nitrogens with one attached hydrogen (secondary N) is 1. The van der Waals surface area contributed by atoms with Gasteiger partial charge in [0.25, 0.3) is 0 Å². The Morgan fingerprint density at radius 3 is 1.48 bits per heavy atom. The minimum Gasteiger partial charge on any atom is -0.320 e. The van der Waals surface area contributed by atoms with Crippen LogP contribution < -0.4 is 5.32 Å². The van der Waals surface area contributed by atoms with Gasteiger partial charge in [0.15, 0.2) is 0 Å². The van der Waals surface area contributed by atoms with Crippen LogP contribution in [0.4, 0.5) is 0 Å². The van der Waals surface area contributed by atoms with Crippen molar-refractivity contribution in [3.05, 3.63) is 12.2 Å². The fourth-order valence-electron chi connectivity index (χ4n) is 2.73. The molecule has 0 bridgehead atoms. The van der Waals surface area contributed by atoms with E-state index in [0.29, 0.717) is 0 Å². The van der Waals surface area contributed by atoms with E-state index in [1.807, 2.05) is 7.05 Å². The molecular formula is C20H41N. The Kier molecular flexibility index (Phi) is 19.4. The molecule has 0 saturated heterocycles. The fraction of sp³-hybridized carbons (Fsp3) is 0.900. The van der Waals surface area contributed by atoms with Crippen molar-refractivity contribution in [2.75, 3.05) is 13.6 Å². The van der Waals surface area contributed by atoms with Crippen molar-refractivity contribution in [3.63, 3.8) is 0 Å². The first-order valence-electron chi connectivity index (χ1n) is 9.71. The van der Waals surface area contributed by atoms with Crippen molar-refractivity contribution in [1.29, 1.82) is 0 Å². The molecule has 0 rings (SSSR count). The average Bonchev–Trinajstić information content (AvgIpc) is 2.50. The molecule has 1 N–H and O–H groups in total. The molecule has 0 aliphatic rings. The fourth-order valence-corrected chi connectivity index (χ4v) is 2.73. The molecule has 0 aliphatic heterocycles. The number of allylic oxidation sites excluding steroid dienone is 2. The number of rotatable bonds is 17. The van der Waals surface area contributed by atoms with E-state index >= 15 is 0 Å². The highest BCUT2D eigenvalue weighted by Gasteiger charge is 1.91. The van der Waals surface area contributed by atoms with Gasteiger partial charge in [-0.2, -0.15) is 0 Å². The van der Waals surface area contributed by atoms with Crippen molar-refractivity contribution in [3.8, 4) is 0 Å². The van der Waals surface area contributed by atoms with Crippen LogP contribution in [0.25, 0.3) is 0 Å². The molecule has 0 unspecified atom stereocenters. The van der Waals surface area contributed by atoms with Crippen LogP contribution >= 0.6 is 0 Å². The van der Waals surface area contributed by atoms with E-state index in [-0.39, 0.29) is 0 Å². The smallest absolute Gasteiger partial charge is 0.00519 e. The monoisotopic (exact) mass is 295 g/mol. The van der Waals surface area contributed by atoms with Crippen molar-refractivity contribution in [2.45, 2.75) is 103 Å². The van der Waals surface area contributed by atoms with E-state index in [0.717, 1.165) is 0 Å². The van der Waals surface area contributed by atoms with E-state index in [2.05, 4.69) is 24.4 Å². The van der Waals surface area contributed by atoms with Crippen molar-refractivity contribution in [1.82, 2.24) is 5.32 Å². The highest BCUT2D eigenvalue weighted by atomic mass is 14.8. The van der Waals surface area contributed by atoms with E-state index in [9.17, 15) is 0 Å². The van der Waals surface area contributed by atoms with E-state index in [1.165, 1.54) is 103 Å². The molecule has 126 valence electrons. The summed E-state index contributed by atoms with van der Waals surface area (Å²) in [5.74, 6) is 0. The predicted molar refractivity (Wildman–Crippen MR) is 98.0 cm³/mol. The predicted octanol–water partition coefficient (Wildman–Crippen LogP) is 6.63. The van der Waals surface area contributed by atoms with Gasteiger partial charge in [-0.15, -0.1) is 0 Å². The minimum atomic E-state index is 1.18. The molecule has 1 heteroatoms. The summed E-state index contributed by atoms with van der Waals surface area (Å²) in [6, 6.07) is 0. The van der Waals surface area contributed by atoms with Crippen molar-refractivity contribution in [2.24, 2.45) is 0 Å². The first kappa shape index (κ1) is 20.7. The average molecular weight is 296 g/mol. The second kappa shape index (κ2) is 19.7. The molecule has 0 aliphatic carbocycles. The lowest BCUT2D eigenvalue weighted by molar-refractivity contribution is 0.571. The molecule has 21 heavy (non-hydrogen) atoms. The summed E-state index contributed by atoms with van der Waals surface area (Å²) in [5.41, 5.74) is 0. The van der Waals surface area contributed by atoms with Gasteiger partial charge in [0.05, 0.1) is 0 Å². The van der Waals surface area contributed by atoms with Crippen LogP contribution in [0.15, 0.2) is 12.2 Å². The molecule has 0 saturated carbocycles. The van der Waals surface area contributed by atoms with Crippen LogP contribution in [-0.2, 0) is 0 Å². The summed E-state index contributed by atoms with van der Waals surface area (Å²) in [6.07, 6.45) is 25.8. The van der Waals surface area contributed by atoms with Crippen molar-refractivity contribution >= 4 is 0 Å². The highest BCUT2D eigenvalue weighted by molar-refractivity contribution is 4.81. The largest absolute Gasteiger partial charge is 0.320 e. The maximum Gasteiger partial charge on any atom is -0.00519 e. The van der Waals surface area contributed by atoms with Gasteiger partial charge in [0.2, 0.25) is 0 Å². The lowest BCUT2D eigenvalue weighted by Gasteiger charge is -2.01. The molecule has 0 aromatic rings. The van der Waals surface area contributed by atoms with E-state index < -0.39 is 0 Å². The second-order valence-corrected chi connectivity index (χ2v) is 6.39. The van der Waals surface area contributed by atoms with E-state index in [4.69, 9.17) is 0 Å². The third-order valence-corrected chi connectivity index (χ3v) is 4.19. The van der Waals surface area contributed by atoms with Crippen LogP contribution in [0.5, 0.6) is 0 Å². The van der Waals surface area contributed by atoms with Gasteiger partial charge in [-0.1, -0.05) is 83.3 Å². The Hall–Kier alpha value is -0.300. The lowest BCUT2D eigenvalue weighted by Crippen LogP contribution is -2.06. The van der Waals surface area contributed by atoms with Crippen LogP contribution in [-0.4, -0.2) is 13.6 Å². The van der Waals surface area contributed by atoms with Crippen LogP contribution in [0.2, 0.25) is 0 Å². The number of unbranched alkanes of at least 4 members (excludes halogenated alkanes) is 13. The van der Waals surface area contributed by atoms with Gasteiger partial charge in [-0.05, 0) is 45.7 Å². The van der Waals surface area contributed by atoms with Crippen molar-refractivity contribution < 1.29 is 0 Å². The topological polar surface area (TPSA) is 12.0 Å². The molecule has 0 spiro atoms. The third-order valence-electron chi connectivity index (χ3n) is 4.19. The highest BCUT2D eigenvalue weighted by Crippen LogP contribution is 2.10. The van der Waals surface area contributed by atoms with Gasteiger partial charge in [0, 0.05) is 0 Å². The van der Waals surface area contributed by atoms with Crippen LogP contribution in [0, 0.1) is 0 Å². The molecule has 0 fully saturated rings. The molecule has 0 radical (unpaired) electrons. The second-order valence-electron chi connectivity index (χ2n) is 6.39. The van der Waals surface area contributed by atoms with Crippen LogP contribution in [0.3, 0.4) is 0 Å². The molecular weight excluding hydrogens is 254 g/mol. The van der Waals surface area contributed by atoms with Gasteiger partial charge in [-0.3, -0.25) is 0 Å². The van der Waals surface area contributed by atoms with Gasteiger partial charge >= 0.3 is 0 Å². The zero-order valence-corrected chi connectivity index (χ0v) is 15.0. The maximum absolute atomic E-state index is 3.21. The molecule has 0 aromatic heterocycles. The first-order valence-corrected chi connectivity index (χ1v) is 9.71. The minimum absolute atomic E-state index is 1.18. The third kappa shape index (κ3) is 19.7.